The van der Waals surface area contributed by atoms with E-state index in [1.54, 1.807) is 36.4 Å². The molecule has 1 N–H and O–H groups in total. The Bertz CT molecular complexity index is 1200. The minimum absolute atomic E-state index is 0.0462. The van der Waals surface area contributed by atoms with E-state index < -0.39 is 27.5 Å². The van der Waals surface area contributed by atoms with E-state index in [2.05, 4.69) is 0 Å². The van der Waals surface area contributed by atoms with Crippen LogP contribution in [0.3, 0.4) is 0 Å². The number of carbonyl (C=O) groups is 1. The van der Waals surface area contributed by atoms with Gasteiger partial charge in [0.1, 0.15) is 4.91 Å². The Kier molecular flexibility index (Phi) is 5.18. The van der Waals surface area contributed by atoms with Gasteiger partial charge in [-0.05, 0) is 30.2 Å². The SMILES string of the molecule is Cc1ccc(S(=O)(=O)C2=C(O)C(=O)N(Cc3ccccc3)[C@H]2c2ccccc2)cc1. The number of amides is 1. The summed E-state index contributed by atoms with van der Waals surface area (Å²) in [4.78, 5) is 14.2. The van der Waals surface area contributed by atoms with E-state index in [0.29, 0.717) is 5.56 Å². The monoisotopic (exact) mass is 419 g/mol. The van der Waals surface area contributed by atoms with Gasteiger partial charge in [0.05, 0.1) is 10.9 Å². The van der Waals surface area contributed by atoms with Gasteiger partial charge in [-0.1, -0.05) is 78.4 Å². The van der Waals surface area contributed by atoms with Crippen molar-refractivity contribution in [3.8, 4) is 0 Å². The summed E-state index contributed by atoms with van der Waals surface area (Å²) in [5.41, 5.74) is 2.38. The van der Waals surface area contributed by atoms with Gasteiger partial charge in [-0.25, -0.2) is 8.42 Å². The van der Waals surface area contributed by atoms with Crippen LogP contribution in [0.2, 0.25) is 0 Å². The van der Waals surface area contributed by atoms with Gasteiger partial charge in [0.15, 0.2) is 5.76 Å². The first-order chi connectivity index (χ1) is 14.4. The van der Waals surface area contributed by atoms with Crippen LogP contribution in [0.5, 0.6) is 0 Å². The van der Waals surface area contributed by atoms with Gasteiger partial charge in [0.2, 0.25) is 9.84 Å². The molecule has 1 heterocycles. The van der Waals surface area contributed by atoms with Crippen molar-refractivity contribution in [1.29, 1.82) is 0 Å². The van der Waals surface area contributed by atoms with Gasteiger partial charge in [-0.2, -0.15) is 0 Å². The minimum Gasteiger partial charge on any atom is -0.502 e. The Morgan fingerprint density at radius 1 is 0.867 bits per heavy atom. The first-order valence-electron chi connectivity index (χ1n) is 9.54. The van der Waals surface area contributed by atoms with Gasteiger partial charge in [-0.15, -0.1) is 0 Å². The summed E-state index contributed by atoms with van der Waals surface area (Å²) in [6, 6.07) is 23.7. The number of hydrogen-bond donors (Lipinski definition) is 1. The molecule has 152 valence electrons. The lowest BCUT2D eigenvalue weighted by Crippen LogP contribution is -2.30. The van der Waals surface area contributed by atoms with Crippen LogP contribution in [-0.2, 0) is 21.2 Å². The Balaban J connectivity index is 1.85. The van der Waals surface area contributed by atoms with E-state index in [4.69, 9.17) is 0 Å². The first-order valence-corrected chi connectivity index (χ1v) is 11.0. The molecule has 1 aliphatic heterocycles. The topological polar surface area (TPSA) is 74.7 Å². The fourth-order valence-electron chi connectivity index (χ4n) is 3.66. The molecular formula is C24H21NO4S. The van der Waals surface area contributed by atoms with Crippen LogP contribution in [0.4, 0.5) is 0 Å². The van der Waals surface area contributed by atoms with Gasteiger partial charge in [-0.3, -0.25) is 4.79 Å². The summed E-state index contributed by atoms with van der Waals surface area (Å²) >= 11 is 0. The first kappa shape index (κ1) is 19.9. The lowest BCUT2D eigenvalue weighted by atomic mass is 10.1. The fourth-order valence-corrected chi connectivity index (χ4v) is 5.31. The minimum atomic E-state index is -4.09. The molecule has 0 bridgehead atoms. The third-order valence-electron chi connectivity index (χ3n) is 5.19. The predicted octanol–water partition coefficient (Wildman–Crippen LogP) is 4.32. The summed E-state index contributed by atoms with van der Waals surface area (Å²) in [5.74, 6) is -1.42. The number of sulfone groups is 1. The van der Waals surface area contributed by atoms with Crippen LogP contribution >= 0.6 is 0 Å². The molecule has 0 fully saturated rings. The average Bonchev–Trinajstić information content (AvgIpc) is 3.01. The van der Waals surface area contributed by atoms with Crippen molar-refractivity contribution in [2.45, 2.75) is 24.4 Å². The number of aliphatic hydroxyl groups excluding tert-OH is 1. The Morgan fingerprint density at radius 2 is 1.43 bits per heavy atom. The molecule has 0 radical (unpaired) electrons. The van der Waals surface area contributed by atoms with E-state index in [9.17, 15) is 18.3 Å². The molecule has 0 spiro atoms. The molecular weight excluding hydrogens is 398 g/mol. The molecule has 30 heavy (non-hydrogen) atoms. The molecule has 0 saturated carbocycles. The highest BCUT2D eigenvalue weighted by Crippen LogP contribution is 2.43. The number of benzene rings is 3. The molecule has 0 unspecified atom stereocenters. The van der Waals surface area contributed by atoms with Crippen LogP contribution in [0.25, 0.3) is 0 Å². The molecule has 0 aliphatic carbocycles. The molecule has 0 aromatic heterocycles. The van der Waals surface area contributed by atoms with Crippen molar-refractivity contribution in [1.82, 2.24) is 4.90 Å². The van der Waals surface area contributed by atoms with Crippen LogP contribution in [0.1, 0.15) is 22.7 Å². The third-order valence-corrected chi connectivity index (χ3v) is 7.08. The molecule has 5 nitrogen and oxygen atoms in total. The predicted molar refractivity (Wildman–Crippen MR) is 114 cm³/mol. The summed E-state index contributed by atoms with van der Waals surface area (Å²) in [6.07, 6.45) is 0. The van der Waals surface area contributed by atoms with Crippen molar-refractivity contribution in [2.75, 3.05) is 0 Å². The zero-order valence-corrected chi connectivity index (χ0v) is 17.2. The van der Waals surface area contributed by atoms with Crippen molar-refractivity contribution in [3.05, 3.63) is 112 Å². The van der Waals surface area contributed by atoms with E-state index in [0.717, 1.165) is 11.1 Å². The number of hydrogen-bond acceptors (Lipinski definition) is 4. The molecule has 3 aromatic carbocycles. The Morgan fingerprint density at radius 3 is 2.03 bits per heavy atom. The lowest BCUT2D eigenvalue weighted by Gasteiger charge is -2.27. The normalized spacial score (nSPS) is 16.9. The number of rotatable bonds is 5. The van der Waals surface area contributed by atoms with E-state index in [-0.39, 0.29) is 16.3 Å². The van der Waals surface area contributed by atoms with Crippen LogP contribution in [0, 0.1) is 6.92 Å². The maximum atomic E-state index is 13.5. The van der Waals surface area contributed by atoms with Gasteiger partial charge in [0, 0.05) is 6.54 Å². The lowest BCUT2D eigenvalue weighted by molar-refractivity contribution is -0.130. The van der Waals surface area contributed by atoms with Crippen LogP contribution < -0.4 is 0 Å². The molecule has 1 atom stereocenters. The van der Waals surface area contributed by atoms with Crippen molar-refractivity contribution in [2.24, 2.45) is 0 Å². The molecule has 0 saturated heterocycles. The summed E-state index contributed by atoms with van der Waals surface area (Å²) in [7, 11) is -4.09. The third kappa shape index (κ3) is 3.50. The van der Waals surface area contributed by atoms with Crippen molar-refractivity contribution < 1.29 is 18.3 Å². The maximum absolute atomic E-state index is 13.5. The van der Waals surface area contributed by atoms with Crippen LogP contribution in [-0.4, -0.2) is 24.3 Å². The smallest absolute Gasteiger partial charge is 0.290 e. The number of carbonyl (C=O) groups excluding carboxylic acids is 1. The summed E-state index contributed by atoms with van der Waals surface area (Å²) in [6.45, 7) is 2.04. The second-order valence-electron chi connectivity index (χ2n) is 7.26. The highest BCUT2D eigenvalue weighted by Gasteiger charge is 2.46. The molecule has 6 heteroatoms. The number of aryl methyl sites for hydroxylation is 1. The molecule has 4 rings (SSSR count). The van der Waals surface area contributed by atoms with Gasteiger partial charge >= 0.3 is 0 Å². The standard InChI is InChI=1S/C24H21NO4S/c1-17-12-14-20(15-13-17)30(28,29)23-21(19-10-6-3-7-11-19)25(24(27)22(23)26)16-18-8-4-2-5-9-18/h2-15,21,26H,16H2,1H3/t21-/m0/s1. The maximum Gasteiger partial charge on any atom is 0.290 e. The quantitative estimate of drug-likeness (QED) is 0.668. The number of aliphatic hydroxyl groups is 1. The van der Waals surface area contributed by atoms with E-state index in [1.807, 2.05) is 43.3 Å². The highest BCUT2D eigenvalue weighted by molar-refractivity contribution is 7.95. The summed E-state index contributed by atoms with van der Waals surface area (Å²) < 4.78 is 27.0. The van der Waals surface area contributed by atoms with Crippen LogP contribution in [0.15, 0.2) is 100 Å². The highest BCUT2D eigenvalue weighted by atomic mass is 32.2. The molecule has 1 amide bonds. The zero-order chi connectivity index (χ0) is 21.3. The Labute approximate surface area is 175 Å². The number of nitrogens with zero attached hydrogens (tertiary/aromatic N) is 1. The largest absolute Gasteiger partial charge is 0.502 e. The molecule has 1 aliphatic rings. The fraction of sp³-hybridized carbons (Fsp3) is 0.125. The van der Waals surface area contributed by atoms with Gasteiger partial charge in [0.25, 0.3) is 5.91 Å². The average molecular weight is 420 g/mol. The van der Waals surface area contributed by atoms with E-state index in [1.165, 1.54) is 17.0 Å². The van der Waals surface area contributed by atoms with Crippen molar-refractivity contribution >= 4 is 15.7 Å². The molecule has 3 aromatic rings. The van der Waals surface area contributed by atoms with E-state index >= 15 is 0 Å². The van der Waals surface area contributed by atoms with Gasteiger partial charge < -0.3 is 10.0 Å². The summed E-state index contributed by atoms with van der Waals surface area (Å²) in [5, 5.41) is 10.7. The second kappa shape index (κ2) is 7.80. The Hall–Kier alpha value is -3.38. The second-order valence-corrected chi connectivity index (χ2v) is 9.18. The zero-order valence-electron chi connectivity index (χ0n) is 16.4. The van der Waals surface area contributed by atoms with Crippen molar-refractivity contribution in [3.63, 3.8) is 0 Å².